The number of piperidine rings is 1. The number of hydrogen-bond acceptors (Lipinski definition) is 3. The third-order valence-corrected chi connectivity index (χ3v) is 3.57. The quantitative estimate of drug-likeness (QED) is 0.735. The van der Waals surface area contributed by atoms with Gasteiger partial charge in [0.05, 0.1) is 5.69 Å². The third kappa shape index (κ3) is 2.22. The van der Waals surface area contributed by atoms with E-state index in [2.05, 4.69) is 20.9 Å². The monoisotopic (exact) mass is 272 g/mol. The minimum atomic E-state index is -0.0376. The zero-order valence-electron chi connectivity index (χ0n) is 8.57. The first-order chi connectivity index (χ1) is 7.18. The van der Waals surface area contributed by atoms with Gasteiger partial charge in [0.2, 0.25) is 5.76 Å². The molecule has 1 aliphatic rings. The summed E-state index contributed by atoms with van der Waals surface area (Å²) >= 11 is 3.55. The zero-order valence-corrected chi connectivity index (χ0v) is 10.2. The van der Waals surface area contributed by atoms with Gasteiger partial charge < -0.3 is 9.32 Å². The Labute approximate surface area is 96.8 Å². The van der Waals surface area contributed by atoms with Gasteiger partial charge in [0.1, 0.15) is 0 Å². The van der Waals surface area contributed by atoms with Crippen LogP contribution in [0.25, 0.3) is 0 Å². The van der Waals surface area contributed by atoms with Crippen molar-refractivity contribution in [2.45, 2.75) is 24.6 Å². The molecular formula is C10H13BrN2O2. The number of aromatic nitrogens is 1. The van der Waals surface area contributed by atoms with Crippen molar-refractivity contribution in [2.75, 3.05) is 13.1 Å². The SMILES string of the molecule is Cc1ncoc1C(=O)N1CCC(Br)CC1. The average molecular weight is 273 g/mol. The Morgan fingerprint density at radius 2 is 2.27 bits per heavy atom. The van der Waals surface area contributed by atoms with Crippen LogP contribution in [0.2, 0.25) is 0 Å². The Morgan fingerprint density at radius 3 is 2.80 bits per heavy atom. The van der Waals surface area contributed by atoms with Gasteiger partial charge in [-0.05, 0) is 19.8 Å². The summed E-state index contributed by atoms with van der Waals surface area (Å²) in [4.78, 5) is 18.3. The lowest BCUT2D eigenvalue weighted by atomic mass is 10.1. The molecule has 1 aliphatic heterocycles. The van der Waals surface area contributed by atoms with Crippen LogP contribution < -0.4 is 0 Å². The van der Waals surface area contributed by atoms with Gasteiger partial charge in [-0.15, -0.1) is 0 Å². The van der Waals surface area contributed by atoms with E-state index in [1.807, 2.05) is 4.90 Å². The van der Waals surface area contributed by atoms with E-state index >= 15 is 0 Å². The molecule has 1 fully saturated rings. The fraction of sp³-hybridized carbons (Fsp3) is 0.600. The van der Waals surface area contributed by atoms with Crippen LogP contribution in [0.1, 0.15) is 29.1 Å². The Hall–Kier alpha value is -0.840. The summed E-state index contributed by atoms with van der Waals surface area (Å²) in [5.41, 5.74) is 0.668. The molecule has 0 aliphatic carbocycles. The number of likely N-dealkylation sites (tertiary alicyclic amines) is 1. The smallest absolute Gasteiger partial charge is 0.291 e. The summed E-state index contributed by atoms with van der Waals surface area (Å²) in [5, 5.41) is 0. The molecule has 1 aromatic heterocycles. The number of carbonyl (C=O) groups is 1. The van der Waals surface area contributed by atoms with Crippen molar-refractivity contribution in [1.82, 2.24) is 9.88 Å². The van der Waals surface area contributed by atoms with Crippen molar-refractivity contribution >= 4 is 21.8 Å². The first kappa shape index (κ1) is 10.7. The highest BCUT2D eigenvalue weighted by Crippen LogP contribution is 2.19. The molecule has 0 unspecified atom stereocenters. The lowest BCUT2D eigenvalue weighted by molar-refractivity contribution is 0.0695. The van der Waals surface area contributed by atoms with Gasteiger partial charge in [-0.2, -0.15) is 0 Å². The first-order valence-corrected chi connectivity index (χ1v) is 5.93. The predicted octanol–water partition coefficient (Wildman–Crippen LogP) is 1.98. The number of carbonyl (C=O) groups excluding carboxylic acids is 1. The fourth-order valence-corrected chi connectivity index (χ4v) is 2.11. The lowest BCUT2D eigenvalue weighted by Crippen LogP contribution is -2.38. The number of aryl methyl sites for hydroxylation is 1. The molecule has 0 atom stereocenters. The maximum atomic E-state index is 12.0. The molecule has 0 N–H and O–H groups in total. The second kappa shape index (κ2) is 4.35. The van der Waals surface area contributed by atoms with Gasteiger partial charge in [0, 0.05) is 17.9 Å². The third-order valence-electron chi connectivity index (χ3n) is 2.65. The largest absolute Gasteiger partial charge is 0.438 e. The molecular weight excluding hydrogens is 260 g/mol. The van der Waals surface area contributed by atoms with E-state index in [0.717, 1.165) is 25.9 Å². The van der Waals surface area contributed by atoms with Crippen molar-refractivity contribution in [3.8, 4) is 0 Å². The van der Waals surface area contributed by atoms with E-state index in [4.69, 9.17) is 4.42 Å². The number of amides is 1. The molecule has 4 nitrogen and oxygen atoms in total. The van der Waals surface area contributed by atoms with Gasteiger partial charge in [-0.3, -0.25) is 4.79 Å². The Bertz CT molecular complexity index is 356. The predicted molar refractivity (Wildman–Crippen MR) is 59.1 cm³/mol. The number of hydrogen-bond donors (Lipinski definition) is 0. The van der Waals surface area contributed by atoms with Crippen molar-refractivity contribution < 1.29 is 9.21 Å². The van der Waals surface area contributed by atoms with Gasteiger partial charge in [-0.1, -0.05) is 15.9 Å². The summed E-state index contributed by atoms with van der Waals surface area (Å²) in [5.74, 6) is 0.340. The number of alkyl halides is 1. The standard InChI is InChI=1S/C10H13BrN2O2/c1-7-9(15-6-12-7)10(14)13-4-2-8(11)3-5-13/h6,8H,2-5H2,1H3. The van der Waals surface area contributed by atoms with Crippen molar-refractivity contribution in [3.05, 3.63) is 17.8 Å². The van der Waals surface area contributed by atoms with E-state index in [1.54, 1.807) is 6.92 Å². The molecule has 0 radical (unpaired) electrons. The molecule has 82 valence electrons. The summed E-state index contributed by atoms with van der Waals surface area (Å²) in [6.07, 6.45) is 3.32. The molecule has 1 amide bonds. The summed E-state index contributed by atoms with van der Waals surface area (Å²) in [7, 11) is 0. The Morgan fingerprint density at radius 1 is 1.60 bits per heavy atom. The fourth-order valence-electron chi connectivity index (χ4n) is 1.70. The minimum absolute atomic E-state index is 0.0376. The highest BCUT2D eigenvalue weighted by atomic mass is 79.9. The summed E-state index contributed by atoms with van der Waals surface area (Å²) in [6, 6.07) is 0. The zero-order chi connectivity index (χ0) is 10.8. The maximum absolute atomic E-state index is 12.0. The molecule has 1 saturated heterocycles. The van der Waals surface area contributed by atoms with Crippen LogP contribution in [0, 0.1) is 6.92 Å². The van der Waals surface area contributed by atoms with Crippen LogP contribution >= 0.6 is 15.9 Å². The molecule has 0 aromatic carbocycles. The van der Waals surface area contributed by atoms with E-state index in [0.29, 0.717) is 16.3 Å². The molecule has 2 rings (SSSR count). The maximum Gasteiger partial charge on any atom is 0.291 e. The second-order valence-electron chi connectivity index (χ2n) is 3.73. The normalized spacial score (nSPS) is 18.1. The number of rotatable bonds is 1. The van der Waals surface area contributed by atoms with Crippen LogP contribution in [0.4, 0.5) is 0 Å². The molecule has 0 spiro atoms. The van der Waals surface area contributed by atoms with Crippen molar-refractivity contribution in [3.63, 3.8) is 0 Å². The number of halogens is 1. The molecule has 1 aromatic rings. The summed E-state index contributed by atoms with van der Waals surface area (Å²) in [6.45, 7) is 3.36. The number of nitrogens with zero attached hydrogens (tertiary/aromatic N) is 2. The van der Waals surface area contributed by atoms with Crippen molar-refractivity contribution in [2.24, 2.45) is 0 Å². The molecule has 15 heavy (non-hydrogen) atoms. The lowest BCUT2D eigenvalue weighted by Gasteiger charge is -2.28. The van der Waals surface area contributed by atoms with Crippen LogP contribution in [0.3, 0.4) is 0 Å². The van der Waals surface area contributed by atoms with Crippen LogP contribution in [0.15, 0.2) is 10.8 Å². The first-order valence-electron chi connectivity index (χ1n) is 5.02. The second-order valence-corrected chi connectivity index (χ2v) is 5.03. The highest BCUT2D eigenvalue weighted by molar-refractivity contribution is 9.09. The van der Waals surface area contributed by atoms with E-state index in [-0.39, 0.29) is 5.91 Å². The Balaban J connectivity index is 2.06. The van der Waals surface area contributed by atoms with Crippen LogP contribution in [-0.4, -0.2) is 33.7 Å². The summed E-state index contributed by atoms with van der Waals surface area (Å²) < 4.78 is 5.09. The van der Waals surface area contributed by atoms with E-state index < -0.39 is 0 Å². The van der Waals surface area contributed by atoms with E-state index in [1.165, 1.54) is 6.39 Å². The van der Waals surface area contributed by atoms with E-state index in [9.17, 15) is 4.79 Å². The van der Waals surface area contributed by atoms with Crippen molar-refractivity contribution in [1.29, 1.82) is 0 Å². The van der Waals surface area contributed by atoms with Gasteiger partial charge in [0.25, 0.3) is 5.91 Å². The van der Waals surface area contributed by atoms with Crippen LogP contribution in [-0.2, 0) is 0 Å². The van der Waals surface area contributed by atoms with Gasteiger partial charge in [-0.25, -0.2) is 4.98 Å². The topological polar surface area (TPSA) is 46.3 Å². The molecule has 0 saturated carbocycles. The minimum Gasteiger partial charge on any atom is -0.438 e. The molecule has 2 heterocycles. The average Bonchev–Trinajstić information content (AvgIpc) is 2.65. The van der Waals surface area contributed by atoms with Gasteiger partial charge >= 0.3 is 0 Å². The highest BCUT2D eigenvalue weighted by Gasteiger charge is 2.25. The van der Waals surface area contributed by atoms with Gasteiger partial charge in [0.15, 0.2) is 6.39 Å². The van der Waals surface area contributed by atoms with Crippen LogP contribution in [0.5, 0.6) is 0 Å². The molecule has 0 bridgehead atoms. The molecule has 5 heteroatoms. The number of oxazole rings is 1. The Kier molecular flexibility index (Phi) is 3.09.